The van der Waals surface area contributed by atoms with Crippen molar-refractivity contribution in [3.63, 3.8) is 0 Å². The van der Waals surface area contributed by atoms with Crippen LogP contribution in [-0.4, -0.2) is 21.0 Å². The van der Waals surface area contributed by atoms with Crippen LogP contribution in [0.1, 0.15) is 10.4 Å². The van der Waals surface area contributed by atoms with Gasteiger partial charge < -0.3 is 10.2 Å². The molecule has 6 heteroatoms. The van der Waals surface area contributed by atoms with Gasteiger partial charge in [-0.05, 0) is 29.9 Å². The largest absolute Gasteiger partial charge is 0.508 e. The van der Waals surface area contributed by atoms with Crippen LogP contribution in [0.15, 0.2) is 59.6 Å². The molecule has 116 valence electrons. The van der Waals surface area contributed by atoms with Crippen molar-refractivity contribution < 1.29 is 10.2 Å². The van der Waals surface area contributed by atoms with Crippen molar-refractivity contribution in [1.82, 2.24) is 4.57 Å². The standard InChI is InChI=1S/C17H14N2O2S2/c20-14-8-4-7-13(9-14)18-10-15-16(21)19(17(22)23-15)11-12-5-2-1-3-6-12/h1-10,20-21H,11H2. The van der Waals surface area contributed by atoms with Gasteiger partial charge in [-0.15, -0.1) is 0 Å². The summed E-state index contributed by atoms with van der Waals surface area (Å²) in [6.07, 6.45) is 1.56. The topological polar surface area (TPSA) is 57.8 Å². The molecule has 23 heavy (non-hydrogen) atoms. The second-order valence-corrected chi connectivity index (χ2v) is 6.58. The van der Waals surface area contributed by atoms with Crippen molar-refractivity contribution in [2.75, 3.05) is 0 Å². The van der Waals surface area contributed by atoms with Crippen LogP contribution in [0.4, 0.5) is 5.69 Å². The zero-order chi connectivity index (χ0) is 16.2. The van der Waals surface area contributed by atoms with E-state index in [1.165, 1.54) is 11.3 Å². The Morgan fingerprint density at radius 2 is 1.87 bits per heavy atom. The Balaban J connectivity index is 1.87. The molecule has 0 amide bonds. The zero-order valence-corrected chi connectivity index (χ0v) is 13.7. The van der Waals surface area contributed by atoms with Gasteiger partial charge in [0.15, 0.2) is 3.95 Å². The molecule has 0 fully saturated rings. The highest BCUT2D eigenvalue weighted by Crippen LogP contribution is 2.26. The number of thiazole rings is 1. The molecule has 1 aromatic heterocycles. The van der Waals surface area contributed by atoms with Gasteiger partial charge in [0.1, 0.15) is 10.6 Å². The molecule has 0 unspecified atom stereocenters. The molecule has 0 aliphatic heterocycles. The molecular formula is C17H14N2O2S2. The number of hydrogen-bond acceptors (Lipinski definition) is 5. The number of benzene rings is 2. The predicted octanol–water partition coefficient (Wildman–Crippen LogP) is 4.49. The average Bonchev–Trinajstić information content (AvgIpc) is 2.82. The molecule has 1 heterocycles. The number of phenols is 1. The number of aromatic hydroxyl groups is 2. The highest BCUT2D eigenvalue weighted by atomic mass is 32.1. The average molecular weight is 342 g/mol. The normalized spacial score (nSPS) is 11.1. The van der Waals surface area contributed by atoms with E-state index in [0.717, 1.165) is 5.56 Å². The monoisotopic (exact) mass is 342 g/mol. The summed E-state index contributed by atoms with van der Waals surface area (Å²) in [6, 6.07) is 16.4. The summed E-state index contributed by atoms with van der Waals surface area (Å²) in [5.41, 5.74) is 1.67. The number of phenolic OH excluding ortho intramolecular Hbond substituents is 1. The van der Waals surface area contributed by atoms with E-state index in [1.807, 2.05) is 30.3 Å². The molecule has 0 aliphatic rings. The van der Waals surface area contributed by atoms with Gasteiger partial charge >= 0.3 is 0 Å². The quantitative estimate of drug-likeness (QED) is 0.542. The number of aliphatic imine (C=N–C) groups is 1. The summed E-state index contributed by atoms with van der Waals surface area (Å²) in [5.74, 6) is 0.255. The molecule has 0 saturated carbocycles. The Morgan fingerprint density at radius 1 is 1.09 bits per heavy atom. The van der Waals surface area contributed by atoms with Crippen molar-refractivity contribution in [3.8, 4) is 11.6 Å². The van der Waals surface area contributed by atoms with E-state index < -0.39 is 0 Å². The van der Waals surface area contributed by atoms with Crippen molar-refractivity contribution in [1.29, 1.82) is 0 Å². The van der Waals surface area contributed by atoms with Crippen LogP contribution in [0.2, 0.25) is 0 Å². The van der Waals surface area contributed by atoms with Gasteiger partial charge in [-0.25, -0.2) is 0 Å². The number of aromatic nitrogens is 1. The molecule has 2 N–H and O–H groups in total. The van der Waals surface area contributed by atoms with E-state index >= 15 is 0 Å². The highest BCUT2D eigenvalue weighted by molar-refractivity contribution is 7.73. The van der Waals surface area contributed by atoms with Crippen LogP contribution < -0.4 is 0 Å². The Kier molecular flexibility index (Phi) is 4.55. The maximum Gasteiger partial charge on any atom is 0.212 e. The van der Waals surface area contributed by atoms with Crippen LogP contribution >= 0.6 is 23.6 Å². The third-order valence-corrected chi connectivity index (χ3v) is 4.61. The van der Waals surface area contributed by atoms with Crippen molar-refractivity contribution in [2.24, 2.45) is 4.99 Å². The third kappa shape index (κ3) is 3.67. The fourth-order valence-corrected chi connectivity index (χ4v) is 3.29. The van der Waals surface area contributed by atoms with Gasteiger partial charge in [0, 0.05) is 6.07 Å². The Hall–Kier alpha value is -2.44. The first kappa shape index (κ1) is 15.5. The van der Waals surface area contributed by atoms with E-state index in [-0.39, 0.29) is 11.6 Å². The molecule has 3 rings (SSSR count). The Morgan fingerprint density at radius 3 is 2.61 bits per heavy atom. The fourth-order valence-electron chi connectivity index (χ4n) is 2.11. The predicted molar refractivity (Wildman–Crippen MR) is 95.7 cm³/mol. The van der Waals surface area contributed by atoms with Crippen molar-refractivity contribution >= 4 is 35.5 Å². The van der Waals surface area contributed by atoms with E-state index in [0.29, 0.717) is 21.1 Å². The maximum absolute atomic E-state index is 10.4. The van der Waals surface area contributed by atoms with Gasteiger partial charge in [-0.1, -0.05) is 47.7 Å². The lowest BCUT2D eigenvalue weighted by molar-refractivity contribution is 0.423. The number of hydrogen-bond donors (Lipinski definition) is 2. The second-order valence-electron chi connectivity index (χ2n) is 4.91. The molecule has 2 aromatic carbocycles. The minimum absolute atomic E-state index is 0.104. The van der Waals surface area contributed by atoms with Crippen LogP contribution in [0.5, 0.6) is 11.6 Å². The molecule has 3 aromatic rings. The summed E-state index contributed by atoms with van der Waals surface area (Å²) >= 11 is 6.63. The van der Waals surface area contributed by atoms with Gasteiger partial charge in [-0.3, -0.25) is 9.56 Å². The van der Waals surface area contributed by atoms with Crippen LogP contribution in [-0.2, 0) is 6.54 Å². The minimum atomic E-state index is 0.104. The smallest absolute Gasteiger partial charge is 0.212 e. The van der Waals surface area contributed by atoms with Gasteiger partial charge in [-0.2, -0.15) is 0 Å². The third-order valence-electron chi connectivity index (χ3n) is 3.24. The summed E-state index contributed by atoms with van der Waals surface area (Å²) in [7, 11) is 0. The lowest BCUT2D eigenvalue weighted by Crippen LogP contribution is -1.98. The lowest BCUT2D eigenvalue weighted by Gasteiger charge is -2.04. The SMILES string of the molecule is Oc1cccc(N=Cc2sc(=S)n(Cc3ccccc3)c2O)c1. The summed E-state index contributed by atoms with van der Waals surface area (Å²) in [4.78, 5) is 4.86. The van der Waals surface area contributed by atoms with E-state index in [2.05, 4.69) is 4.99 Å². The van der Waals surface area contributed by atoms with E-state index in [4.69, 9.17) is 12.2 Å². The van der Waals surface area contributed by atoms with Crippen LogP contribution in [0, 0.1) is 3.95 Å². The first-order chi connectivity index (χ1) is 11.1. The number of nitrogens with zero attached hydrogens (tertiary/aromatic N) is 2. The van der Waals surface area contributed by atoms with Gasteiger partial charge in [0.05, 0.1) is 18.4 Å². The van der Waals surface area contributed by atoms with Crippen molar-refractivity contribution in [2.45, 2.75) is 6.54 Å². The zero-order valence-electron chi connectivity index (χ0n) is 12.1. The van der Waals surface area contributed by atoms with Crippen molar-refractivity contribution in [3.05, 3.63) is 69.0 Å². The van der Waals surface area contributed by atoms with Crippen LogP contribution in [0.3, 0.4) is 0 Å². The summed E-state index contributed by atoms with van der Waals surface area (Å²) in [5, 5.41) is 19.8. The molecule has 0 radical (unpaired) electrons. The van der Waals surface area contributed by atoms with E-state index in [9.17, 15) is 10.2 Å². The molecular weight excluding hydrogens is 328 g/mol. The Labute approximate surface area is 142 Å². The highest BCUT2D eigenvalue weighted by Gasteiger charge is 2.10. The fraction of sp³-hybridized carbons (Fsp3) is 0.0588. The molecule has 0 bridgehead atoms. The van der Waals surface area contributed by atoms with Crippen LogP contribution in [0.25, 0.3) is 0 Å². The lowest BCUT2D eigenvalue weighted by atomic mass is 10.2. The first-order valence-electron chi connectivity index (χ1n) is 6.93. The summed E-state index contributed by atoms with van der Waals surface area (Å²) < 4.78 is 2.27. The summed E-state index contributed by atoms with van der Waals surface area (Å²) in [6.45, 7) is 0.516. The molecule has 4 nitrogen and oxygen atoms in total. The minimum Gasteiger partial charge on any atom is -0.508 e. The second kappa shape index (κ2) is 6.76. The molecule has 0 spiro atoms. The van der Waals surface area contributed by atoms with Gasteiger partial charge in [0.25, 0.3) is 0 Å². The Bertz CT molecular complexity index is 898. The number of rotatable bonds is 4. The maximum atomic E-state index is 10.4. The molecule has 0 aliphatic carbocycles. The van der Waals surface area contributed by atoms with E-state index in [1.54, 1.807) is 35.0 Å². The molecule has 0 saturated heterocycles. The first-order valence-corrected chi connectivity index (χ1v) is 8.15. The molecule has 0 atom stereocenters. The van der Waals surface area contributed by atoms with Gasteiger partial charge in [0.2, 0.25) is 5.88 Å².